The molecule has 1 aromatic rings. The predicted molar refractivity (Wildman–Crippen MR) is 170 cm³/mol. The first kappa shape index (κ1) is 36.2. The maximum atomic E-state index is 13.9. The normalized spacial score (nSPS) is 44.3. The van der Waals surface area contributed by atoms with Gasteiger partial charge in [0.25, 0.3) is 0 Å². The van der Waals surface area contributed by atoms with Crippen LogP contribution in [0.3, 0.4) is 0 Å². The minimum absolute atomic E-state index is 0.0189. The molecular formula is C36H54O11. The maximum Gasteiger partial charge on any atom is 0.338 e. The Morgan fingerprint density at radius 1 is 0.936 bits per heavy atom. The van der Waals surface area contributed by atoms with Crippen LogP contribution in [0, 0.1) is 34.5 Å². The van der Waals surface area contributed by atoms with E-state index in [1.807, 2.05) is 6.92 Å². The second-order valence-corrected chi connectivity index (χ2v) is 14.7. The van der Waals surface area contributed by atoms with Crippen molar-refractivity contribution in [3.63, 3.8) is 0 Å². The van der Waals surface area contributed by atoms with Crippen LogP contribution < -0.4 is 0 Å². The molecule has 2 bridgehead atoms. The van der Waals surface area contributed by atoms with E-state index in [-0.39, 0.29) is 38.2 Å². The summed E-state index contributed by atoms with van der Waals surface area (Å²) in [7, 11) is 6.30. The van der Waals surface area contributed by atoms with Crippen LogP contribution in [0.1, 0.15) is 70.2 Å². The minimum Gasteiger partial charge on any atom is -0.456 e. The number of rotatable bonds is 10. The van der Waals surface area contributed by atoms with Crippen molar-refractivity contribution in [3.05, 3.63) is 35.9 Å². The first-order valence-electron chi connectivity index (χ1n) is 16.9. The molecule has 11 heteroatoms. The maximum absolute atomic E-state index is 13.9. The highest BCUT2D eigenvalue weighted by atomic mass is 16.6. The van der Waals surface area contributed by atoms with Gasteiger partial charge in [0.05, 0.1) is 42.7 Å². The molecule has 0 saturated heterocycles. The van der Waals surface area contributed by atoms with Gasteiger partial charge in [0.2, 0.25) is 0 Å². The molecule has 0 heterocycles. The molecule has 47 heavy (non-hydrogen) atoms. The van der Waals surface area contributed by atoms with Gasteiger partial charge in [-0.1, -0.05) is 39.0 Å². The molecule has 0 spiro atoms. The SMILES string of the molecule is CC[C@@]1(COC)C2C(OC)C[C@]3(OC(C)=O)C4C(C[C@@](O)(C4OC(=O)c4ccccc4)[C@@H](OC)C[C@@H]3O)[C@]2(C(C)C)[C@@H](OC)C[C@H]1O. The molecule has 4 aliphatic rings. The van der Waals surface area contributed by atoms with Crippen LogP contribution in [0.4, 0.5) is 0 Å². The van der Waals surface area contributed by atoms with E-state index in [0.717, 1.165) is 0 Å². The van der Waals surface area contributed by atoms with Crippen LogP contribution >= 0.6 is 0 Å². The first-order chi connectivity index (χ1) is 22.3. The lowest BCUT2D eigenvalue weighted by molar-refractivity contribution is -0.263. The van der Waals surface area contributed by atoms with Gasteiger partial charge >= 0.3 is 11.9 Å². The van der Waals surface area contributed by atoms with E-state index in [2.05, 4.69) is 13.8 Å². The van der Waals surface area contributed by atoms with E-state index >= 15 is 0 Å². The molecule has 264 valence electrons. The number of hydrogen-bond donors (Lipinski definition) is 3. The summed E-state index contributed by atoms with van der Waals surface area (Å²) in [5, 5.41) is 37.3. The number of ether oxygens (including phenoxy) is 6. The second-order valence-electron chi connectivity index (χ2n) is 14.7. The smallest absolute Gasteiger partial charge is 0.338 e. The van der Waals surface area contributed by atoms with Crippen molar-refractivity contribution in [2.45, 2.75) is 108 Å². The lowest BCUT2D eigenvalue weighted by Gasteiger charge is -2.64. The van der Waals surface area contributed by atoms with Gasteiger partial charge < -0.3 is 43.7 Å². The number of benzene rings is 1. The molecule has 1 aromatic carbocycles. The van der Waals surface area contributed by atoms with Crippen molar-refractivity contribution in [1.29, 1.82) is 0 Å². The first-order valence-corrected chi connectivity index (χ1v) is 16.9. The molecule has 11 nitrogen and oxygen atoms in total. The lowest BCUT2D eigenvalue weighted by Crippen LogP contribution is -2.68. The largest absolute Gasteiger partial charge is 0.456 e. The third-order valence-corrected chi connectivity index (χ3v) is 12.8. The highest BCUT2D eigenvalue weighted by Gasteiger charge is 2.80. The Balaban J connectivity index is 1.88. The molecule has 4 aliphatic carbocycles. The standard InChI is InChI=1S/C36H54O11/c1-9-33(19-42-5)25(38)15-28(45-8)36(20(2)3)23-17-34(41)27(44-7)16-26(39)35(47-21(4)37,18-24(43-6)30(33)36)29(23)31(34)46-32(40)22-13-11-10-12-14-22/h10-14,20,23-31,38-39,41H,9,15-19H2,1-8H3/t23?,24?,25-,26+,27+,28+,29?,30?,31?,33+,34+,35-,36-/m1/s1. The number of aliphatic hydroxyl groups is 3. The third-order valence-electron chi connectivity index (χ3n) is 12.8. The van der Waals surface area contributed by atoms with Gasteiger partial charge in [0.15, 0.2) is 0 Å². The number of methoxy groups -OCH3 is 4. The molecule has 3 N–H and O–H groups in total. The zero-order chi connectivity index (χ0) is 34.5. The van der Waals surface area contributed by atoms with Crippen LogP contribution in [0.25, 0.3) is 0 Å². The number of carbonyl (C=O) groups is 2. The number of esters is 2. The zero-order valence-electron chi connectivity index (χ0n) is 29.0. The Morgan fingerprint density at radius 3 is 2.11 bits per heavy atom. The van der Waals surface area contributed by atoms with Gasteiger partial charge in [-0.05, 0) is 36.8 Å². The van der Waals surface area contributed by atoms with Crippen molar-refractivity contribution in [3.8, 4) is 0 Å². The molecule has 0 aromatic heterocycles. The molecule has 5 rings (SSSR count). The molecule has 0 aliphatic heterocycles. The van der Waals surface area contributed by atoms with Gasteiger partial charge in [-0.2, -0.15) is 0 Å². The molecule has 4 fully saturated rings. The van der Waals surface area contributed by atoms with Gasteiger partial charge in [-0.15, -0.1) is 0 Å². The minimum atomic E-state index is -1.77. The average Bonchev–Trinajstić information content (AvgIpc) is 3.25. The molecule has 5 unspecified atom stereocenters. The van der Waals surface area contributed by atoms with E-state index in [4.69, 9.17) is 28.4 Å². The van der Waals surface area contributed by atoms with E-state index in [0.29, 0.717) is 12.0 Å². The predicted octanol–water partition coefficient (Wildman–Crippen LogP) is 3.16. The van der Waals surface area contributed by atoms with Crippen LogP contribution in [-0.2, 0) is 33.2 Å². The zero-order valence-corrected chi connectivity index (χ0v) is 29.0. The van der Waals surface area contributed by atoms with E-state index in [1.165, 1.54) is 14.0 Å². The van der Waals surface area contributed by atoms with Crippen LogP contribution in [0.2, 0.25) is 0 Å². The number of carbonyl (C=O) groups excluding carboxylic acids is 2. The Morgan fingerprint density at radius 2 is 1.57 bits per heavy atom. The van der Waals surface area contributed by atoms with Crippen LogP contribution in [0.5, 0.6) is 0 Å². The Kier molecular flexibility index (Phi) is 10.2. The summed E-state index contributed by atoms with van der Waals surface area (Å²) in [6.07, 6.45) is -4.70. The molecular weight excluding hydrogens is 608 g/mol. The van der Waals surface area contributed by atoms with Gasteiger partial charge in [0.1, 0.15) is 17.3 Å². The Bertz CT molecular complexity index is 1270. The highest BCUT2D eigenvalue weighted by Crippen LogP contribution is 2.72. The quantitative estimate of drug-likeness (QED) is 0.317. The van der Waals surface area contributed by atoms with Crippen LogP contribution in [0.15, 0.2) is 30.3 Å². The van der Waals surface area contributed by atoms with Crippen molar-refractivity contribution < 1.29 is 53.3 Å². The van der Waals surface area contributed by atoms with Crippen molar-refractivity contribution in [2.75, 3.05) is 35.0 Å². The second kappa shape index (κ2) is 13.3. The molecule has 13 atom stereocenters. The van der Waals surface area contributed by atoms with E-state index in [1.54, 1.807) is 51.7 Å². The fraction of sp³-hybridized carbons (Fsp3) is 0.778. The molecule has 0 amide bonds. The third kappa shape index (κ3) is 5.18. The highest BCUT2D eigenvalue weighted by molar-refractivity contribution is 5.89. The summed E-state index contributed by atoms with van der Waals surface area (Å²) >= 11 is 0. The number of aliphatic hydroxyl groups excluding tert-OH is 2. The molecule has 0 radical (unpaired) electrons. The van der Waals surface area contributed by atoms with Crippen LogP contribution in [-0.4, -0.2) is 110 Å². The van der Waals surface area contributed by atoms with E-state index in [9.17, 15) is 24.9 Å². The summed E-state index contributed by atoms with van der Waals surface area (Å²) in [5.41, 5.74) is -4.82. The van der Waals surface area contributed by atoms with Gasteiger partial charge in [-0.3, -0.25) is 4.79 Å². The average molecular weight is 663 g/mol. The van der Waals surface area contributed by atoms with Crippen molar-refractivity contribution in [1.82, 2.24) is 0 Å². The molecule has 4 saturated carbocycles. The summed E-state index contributed by atoms with van der Waals surface area (Å²) in [6, 6.07) is 8.53. The summed E-state index contributed by atoms with van der Waals surface area (Å²) in [5.74, 6) is -3.32. The van der Waals surface area contributed by atoms with E-state index < -0.39 is 88.3 Å². The van der Waals surface area contributed by atoms with Gasteiger partial charge in [-0.25, -0.2) is 4.79 Å². The van der Waals surface area contributed by atoms with Gasteiger partial charge in [0, 0.05) is 77.3 Å². The Labute approximate surface area is 278 Å². The fourth-order valence-electron chi connectivity index (χ4n) is 11.1. The Hall–Kier alpha value is -2.12. The topological polar surface area (TPSA) is 150 Å². The van der Waals surface area contributed by atoms with Crippen molar-refractivity contribution in [2.24, 2.45) is 34.5 Å². The number of fused-ring (bicyclic) bond motifs is 3. The van der Waals surface area contributed by atoms with Crippen molar-refractivity contribution >= 4 is 11.9 Å². The summed E-state index contributed by atoms with van der Waals surface area (Å²) in [4.78, 5) is 27.0. The number of hydrogen-bond acceptors (Lipinski definition) is 11. The monoisotopic (exact) mass is 662 g/mol. The summed E-state index contributed by atoms with van der Waals surface area (Å²) < 4.78 is 37.3. The summed E-state index contributed by atoms with van der Waals surface area (Å²) in [6.45, 7) is 7.74. The lowest BCUT2D eigenvalue weighted by atomic mass is 9.43. The fourth-order valence-corrected chi connectivity index (χ4v) is 11.1.